The van der Waals surface area contributed by atoms with Crippen molar-refractivity contribution in [1.82, 2.24) is 0 Å². The molecule has 6 rings (SSSR count). The summed E-state index contributed by atoms with van der Waals surface area (Å²) in [5, 5.41) is 0. The predicted molar refractivity (Wildman–Crippen MR) is 146 cm³/mol. The van der Waals surface area contributed by atoms with Gasteiger partial charge in [-0.05, 0) is 56.3 Å². The van der Waals surface area contributed by atoms with Crippen LogP contribution in [0.2, 0.25) is 0 Å². The fourth-order valence-electron chi connectivity index (χ4n) is 5.36. The molecule has 6 heteroatoms. The van der Waals surface area contributed by atoms with E-state index in [-0.39, 0.29) is 5.97 Å². The van der Waals surface area contributed by atoms with Crippen molar-refractivity contribution in [3.05, 3.63) is 113 Å². The molecule has 1 spiro atoms. The Morgan fingerprint density at radius 3 is 2.25 bits per heavy atom. The molecule has 2 aliphatic heterocycles. The highest BCUT2D eigenvalue weighted by molar-refractivity contribution is 9.10. The average molecular weight is 541 g/mol. The third-order valence-corrected chi connectivity index (χ3v) is 7.80. The van der Waals surface area contributed by atoms with Gasteiger partial charge < -0.3 is 14.4 Å². The van der Waals surface area contributed by atoms with Gasteiger partial charge in [0, 0.05) is 29.9 Å². The quantitative estimate of drug-likeness (QED) is 0.193. The molecular formula is C30H25BrN2O3. The molecule has 2 aliphatic rings. The van der Waals surface area contributed by atoms with Crippen LogP contribution < -0.4 is 13.6 Å². The predicted octanol–water partition coefficient (Wildman–Crippen LogP) is 7.55. The van der Waals surface area contributed by atoms with Gasteiger partial charge in [-0.25, -0.2) is 4.79 Å². The van der Waals surface area contributed by atoms with Crippen LogP contribution in [0.15, 0.2) is 91.0 Å². The Hall–Kier alpha value is -3.77. The SMILES string of the molecule is CCN(CC)c1cccc(N(Br)c2cccc3c2C2(OC(=O)c4ccccc42)c2ccccc2O3)c1. The molecule has 2 heterocycles. The van der Waals surface area contributed by atoms with E-state index in [0.29, 0.717) is 17.1 Å². The van der Waals surface area contributed by atoms with Crippen LogP contribution in [-0.2, 0) is 10.3 Å². The van der Waals surface area contributed by atoms with Gasteiger partial charge in [-0.1, -0.05) is 48.5 Å². The molecule has 4 aromatic rings. The number of nitrogens with zero attached hydrogens (tertiary/aromatic N) is 2. The highest BCUT2D eigenvalue weighted by atomic mass is 79.9. The number of rotatable bonds is 5. The number of esters is 1. The van der Waals surface area contributed by atoms with E-state index in [9.17, 15) is 4.79 Å². The zero-order valence-electron chi connectivity index (χ0n) is 20.1. The minimum Gasteiger partial charge on any atom is -0.456 e. The number of hydrogen-bond donors (Lipinski definition) is 0. The topological polar surface area (TPSA) is 42.0 Å². The zero-order chi connectivity index (χ0) is 24.9. The fraction of sp³-hybridized carbons (Fsp3) is 0.167. The summed E-state index contributed by atoms with van der Waals surface area (Å²) in [7, 11) is 0. The summed E-state index contributed by atoms with van der Waals surface area (Å²) in [6.45, 7) is 6.15. The summed E-state index contributed by atoms with van der Waals surface area (Å²) in [5.41, 5.74) is 4.78. The van der Waals surface area contributed by atoms with E-state index in [1.54, 1.807) is 0 Å². The number of para-hydroxylation sites is 1. The summed E-state index contributed by atoms with van der Waals surface area (Å²) in [6.07, 6.45) is 0. The second-order valence-corrected chi connectivity index (χ2v) is 9.55. The molecule has 4 aromatic carbocycles. The summed E-state index contributed by atoms with van der Waals surface area (Å²) in [6, 6.07) is 29.7. The van der Waals surface area contributed by atoms with E-state index in [4.69, 9.17) is 9.47 Å². The first-order valence-corrected chi connectivity index (χ1v) is 12.8. The molecule has 36 heavy (non-hydrogen) atoms. The van der Waals surface area contributed by atoms with Crippen molar-refractivity contribution in [2.45, 2.75) is 19.4 Å². The maximum atomic E-state index is 13.2. The smallest absolute Gasteiger partial charge is 0.340 e. The molecular weight excluding hydrogens is 516 g/mol. The minimum atomic E-state index is -1.13. The van der Waals surface area contributed by atoms with E-state index in [2.05, 4.69) is 59.2 Å². The van der Waals surface area contributed by atoms with Crippen LogP contribution in [0.4, 0.5) is 17.1 Å². The van der Waals surface area contributed by atoms with Gasteiger partial charge in [-0.15, -0.1) is 0 Å². The van der Waals surface area contributed by atoms with Crippen LogP contribution in [0.1, 0.15) is 40.9 Å². The van der Waals surface area contributed by atoms with Gasteiger partial charge in [0.1, 0.15) is 11.5 Å². The molecule has 1 atom stereocenters. The Kier molecular flexibility index (Phi) is 5.49. The fourth-order valence-corrected chi connectivity index (χ4v) is 5.88. The number of carbonyl (C=O) groups is 1. The first kappa shape index (κ1) is 22.7. The van der Waals surface area contributed by atoms with E-state index in [0.717, 1.165) is 46.8 Å². The maximum Gasteiger partial charge on any atom is 0.340 e. The Morgan fingerprint density at radius 1 is 0.778 bits per heavy atom. The molecule has 0 saturated heterocycles. The van der Waals surface area contributed by atoms with Gasteiger partial charge in [-0.3, -0.25) is 3.93 Å². The van der Waals surface area contributed by atoms with Crippen LogP contribution in [0.25, 0.3) is 0 Å². The van der Waals surface area contributed by atoms with Crippen molar-refractivity contribution in [3.63, 3.8) is 0 Å². The lowest BCUT2D eigenvalue weighted by atomic mass is 9.77. The molecule has 0 aliphatic carbocycles. The Bertz CT molecular complexity index is 1480. The van der Waals surface area contributed by atoms with Crippen LogP contribution in [0.5, 0.6) is 11.5 Å². The Labute approximate surface area is 219 Å². The number of anilines is 3. The first-order chi connectivity index (χ1) is 17.6. The van der Waals surface area contributed by atoms with Crippen molar-refractivity contribution in [2.75, 3.05) is 21.9 Å². The number of halogens is 1. The third-order valence-electron chi connectivity index (χ3n) is 7.01. The van der Waals surface area contributed by atoms with Crippen molar-refractivity contribution in [1.29, 1.82) is 0 Å². The van der Waals surface area contributed by atoms with E-state index >= 15 is 0 Å². The van der Waals surface area contributed by atoms with E-state index in [1.165, 1.54) is 0 Å². The minimum absolute atomic E-state index is 0.340. The second-order valence-electron chi connectivity index (χ2n) is 8.84. The molecule has 0 saturated carbocycles. The van der Waals surface area contributed by atoms with Crippen LogP contribution in [-0.4, -0.2) is 19.1 Å². The number of ether oxygens (including phenoxy) is 2. The standard InChI is InChI=1S/C30H25BrN2O3/c1-3-32(4-2)20-11-9-12-21(19-20)33(31)25-16-10-18-27-28(25)30(24-15-7-8-17-26(24)35-27)23-14-6-5-13-22(23)29(34)36-30/h5-19H,3-4H2,1-2H3. The first-order valence-electron chi connectivity index (χ1n) is 12.1. The van der Waals surface area contributed by atoms with E-state index in [1.807, 2.05) is 70.7 Å². The highest BCUT2D eigenvalue weighted by Crippen LogP contribution is 2.59. The molecule has 0 bridgehead atoms. The molecule has 180 valence electrons. The van der Waals surface area contributed by atoms with E-state index < -0.39 is 5.60 Å². The third kappa shape index (κ3) is 3.24. The maximum absolute atomic E-state index is 13.2. The average Bonchev–Trinajstić information content (AvgIpc) is 3.21. The molecule has 0 fully saturated rings. The van der Waals surface area contributed by atoms with Crippen molar-refractivity contribution in [2.24, 2.45) is 0 Å². The van der Waals surface area contributed by atoms with Crippen molar-refractivity contribution < 1.29 is 14.3 Å². The molecule has 0 N–H and O–H groups in total. The van der Waals surface area contributed by atoms with Crippen LogP contribution in [0.3, 0.4) is 0 Å². The van der Waals surface area contributed by atoms with Crippen LogP contribution >= 0.6 is 16.1 Å². The summed E-state index contributed by atoms with van der Waals surface area (Å²) in [4.78, 5) is 15.5. The second kappa shape index (κ2) is 8.71. The molecule has 1 unspecified atom stereocenters. The Balaban J connectivity index is 1.59. The normalized spacial score (nSPS) is 17.0. The van der Waals surface area contributed by atoms with Crippen molar-refractivity contribution in [3.8, 4) is 11.5 Å². The monoisotopic (exact) mass is 540 g/mol. The molecule has 0 aromatic heterocycles. The number of fused-ring (bicyclic) bond motifs is 6. The van der Waals surface area contributed by atoms with Gasteiger partial charge in [-0.2, -0.15) is 0 Å². The summed E-state index contributed by atoms with van der Waals surface area (Å²) >= 11 is 3.84. The summed E-state index contributed by atoms with van der Waals surface area (Å²) < 4.78 is 14.7. The lowest BCUT2D eigenvalue weighted by Crippen LogP contribution is -2.34. The zero-order valence-corrected chi connectivity index (χ0v) is 21.7. The lowest BCUT2D eigenvalue weighted by Gasteiger charge is -2.38. The van der Waals surface area contributed by atoms with Crippen molar-refractivity contribution >= 4 is 39.2 Å². The van der Waals surface area contributed by atoms with Gasteiger partial charge >= 0.3 is 5.97 Å². The van der Waals surface area contributed by atoms with Gasteiger partial charge in [0.25, 0.3) is 0 Å². The number of hydrogen-bond acceptors (Lipinski definition) is 5. The number of benzene rings is 4. The number of carbonyl (C=O) groups excluding carboxylic acids is 1. The summed E-state index contributed by atoms with van der Waals surface area (Å²) in [5.74, 6) is 0.990. The largest absolute Gasteiger partial charge is 0.456 e. The van der Waals surface area contributed by atoms with Gasteiger partial charge in [0.15, 0.2) is 5.60 Å². The van der Waals surface area contributed by atoms with Gasteiger partial charge in [0.05, 0.1) is 38.6 Å². The molecule has 0 amide bonds. The molecule has 5 nitrogen and oxygen atoms in total. The lowest BCUT2D eigenvalue weighted by molar-refractivity contribution is 0.0226. The Morgan fingerprint density at radius 2 is 1.44 bits per heavy atom. The highest BCUT2D eigenvalue weighted by Gasteiger charge is 2.54. The van der Waals surface area contributed by atoms with Gasteiger partial charge in [0.2, 0.25) is 0 Å². The van der Waals surface area contributed by atoms with Crippen LogP contribution in [0, 0.1) is 0 Å². The molecule has 0 radical (unpaired) electrons.